The lowest BCUT2D eigenvalue weighted by Gasteiger charge is -2.14. The molecule has 2 rings (SSSR count). The molecule has 2 aromatic rings. The summed E-state index contributed by atoms with van der Waals surface area (Å²) in [7, 11) is 3.99. The smallest absolute Gasteiger partial charge is 0.241 e. The number of hydrogen-bond donors (Lipinski definition) is 2. The molecule has 0 bridgehead atoms. The van der Waals surface area contributed by atoms with Crippen LogP contribution in [0.25, 0.3) is 0 Å². The van der Waals surface area contributed by atoms with Gasteiger partial charge in [0.1, 0.15) is 12.4 Å². The second-order valence-electron chi connectivity index (χ2n) is 5.97. The summed E-state index contributed by atoms with van der Waals surface area (Å²) in [5, 5.41) is 2.85. The fraction of sp³-hybridized carbons (Fsp3) is 0.316. The molecule has 24 heavy (non-hydrogen) atoms. The van der Waals surface area contributed by atoms with Gasteiger partial charge in [-0.1, -0.05) is 36.4 Å². The maximum Gasteiger partial charge on any atom is 0.241 e. The Labute approximate surface area is 143 Å². The number of hydrogen-bond acceptors (Lipinski definition) is 4. The van der Waals surface area contributed by atoms with Crippen LogP contribution in [0.3, 0.4) is 0 Å². The number of likely N-dealkylation sites (N-methyl/N-ethyl adjacent to an activating group) is 1. The third kappa shape index (κ3) is 6.02. The Kier molecular flexibility index (Phi) is 6.78. The number of carbonyl (C=O) groups is 1. The molecule has 0 aliphatic rings. The van der Waals surface area contributed by atoms with Crippen LogP contribution >= 0.6 is 0 Å². The van der Waals surface area contributed by atoms with Crippen molar-refractivity contribution in [2.75, 3.05) is 32.6 Å². The molecule has 0 spiro atoms. The van der Waals surface area contributed by atoms with Gasteiger partial charge in [0.2, 0.25) is 5.91 Å². The number of benzene rings is 2. The molecule has 0 saturated carbocycles. The molecule has 0 heterocycles. The van der Waals surface area contributed by atoms with Crippen molar-refractivity contribution in [3.63, 3.8) is 0 Å². The Morgan fingerprint density at radius 3 is 2.62 bits per heavy atom. The molecule has 0 aliphatic carbocycles. The van der Waals surface area contributed by atoms with Crippen LogP contribution in [0.15, 0.2) is 54.6 Å². The highest BCUT2D eigenvalue weighted by atomic mass is 16.5. The maximum absolute atomic E-state index is 12.2. The fourth-order valence-corrected chi connectivity index (χ4v) is 2.21. The topological polar surface area (TPSA) is 67.6 Å². The number of nitrogens with zero attached hydrogens (tertiary/aromatic N) is 1. The Bertz CT molecular complexity index is 644. The number of nitrogens with one attached hydrogen (secondary N) is 1. The number of amides is 1. The lowest BCUT2D eigenvalue weighted by atomic mass is 10.1. The summed E-state index contributed by atoms with van der Waals surface area (Å²) in [6.07, 6.45) is 0.506. The van der Waals surface area contributed by atoms with Crippen molar-refractivity contribution < 1.29 is 9.53 Å². The number of anilines is 1. The Hall–Kier alpha value is -2.37. The minimum absolute atomic E-state index is 0.204. The minimum Gasteiger partial charge on any atom is -0.492 e. The first-order valence-corrected chi connectivity index (χ1v) is 8.02. The molecule has 3 N–H and O–H groups in total. The molecule has 0 saturated heterocycles. The second kappa shape index (κ2) is 9.05. The molecule has 5 heteroatoms. The normalized spacial score (nSPS) is 12.0. The van der Waals surface area contributed by atoms with E-state index in [0.717, 1.165) is 17.9 Å². The van der Waals surface area contributed by atoms with Crippen LogP contribution in [0.5, 0.6) is 5.75 Å². The number of carbonyl (C=O) groups excluding carboxylic acids is 1. The van der Waals surface area contributed by atoms with Gasteiger partial charge in [-0.25, -0.2) is 0 Å². The molecule has 0 fully saturated rings. The third-order valence-corrected chi connectivity index (χ3v) is 3.54. The van der Waals surface area contributed by atoms with Gasteiger partial charge in [-0.2, -0.15) is 0 Å². The van der Waals surface area contributed by atoms with Gasteiger partial charge < -0.3 is 20.7 Å². The summed E-state index contributed by atoms with van der Waals surface area (Å²) in [6, 6.07) is 16.5. The minimum atomic E-state index is -0.592. The van der Waals surface area contributed by atoms with Crippen molar-refractivity contribution in [3.8, 4) is 5.75 Å². The van der Waals surface area contributed by atoms with Crippen LogP contribution in [-0.4, -0.2) is 44.1 Å². The van der Waals surface area contributed by atoms with E-state index < -0.39 is 6.04 Å². The van der Waals surface area contributed by atoms with Gasteiger partial charge in [-0.3, -0.25) is 4.79 Å². The van der Waals surface area contributed by atoms with Gasteiger partial charge in [-0.05, 0) is 38.2 Å². The summed E-state index contributed by atoms with van der Waals surface area (Å²) < 4.78 is 5.67. The van der Waals surface area contributed by atoms with E-state index in [9.17, 15) is 4.79 Å². The molecular weight excluding hydrogens is 302 g/mol. The summed E-state index contributed by atoms with van der Waals surface area (Å²) in [5.74, 6) is 0.524. The lowest BCUT2D eigenvalue weighted by Crippen LogP contribution is -2.37. The summed E-state index contributed by atoms with van der Waals surface area (Å²) in [6.45, 7) is 1.43. The average Bonchev–Trinajstić information content (AvgIpc) is 2.55. The van der Waals surface area contributed by atoms with Gasteiger partial charge in [-0.15, -0.1) is 0 Å². The first kappa shape index (κ1) is 18.0. The predicted octanol–water partition coefficient (Wildman–Crippen LogP) is 2.14. The van der Waals surface area contributed by atoms with Crippen molar-refractivity contribution in [1.82, 2.24) is 4.90 Å². The molecule has 0 aromatic heterocycles. The third-order valence-electron chi connectivity index (χ3n) is 3.54. The largest absolute Gasteiger partial charge is 0.492 e. The van der Waals surface area contributed by atoms with Crippen LogP contribution in [0.1, 0.15) is 5.56 Å². The highest BCUT2D eigenvalue weighted by molar-refractivity contribution is 5.95. The first-order valence-electron chi connectivity index (χ1n) is 8.02. The van der Waals surface area contributed by atoms with E-state index in [4.69, 9.17) is 10.5 Å². The van der Waals surface area contributed by atoms with Gasteiger partial charge in [0.25, 0.3) is 0 Å². The zero-order valence-electron chi connectivity index (χ0n) is 14.2. The van der Waals surface area contributed by atoms with E-state index in [0.29, 0.717) is 18.7 Å². The van der Waals surface area contributed by atoms with Crippen molar-refractivity contribution >= 4 is 11.6 Å². The molecule has 128 valence electrons. The highest BCUT2D eigenvalue weighted by Gasteiger charge is 2.14. The average molecular weight is 327 g/mol. The van der Waals surface area contributed by atoms with Crippen molar-refractivity contribution in [1.29, 1.82) is 0 Å². The zero-order chi connectivity index (χ0) is 17.4. The van der Waals surface area contributed by atoms with Crippen molar-refractivity contribution in [2.45, 2.75) is 12.5 Å². The van der Waals surface area contributed by atoms with Crippen molar-refractivity contribution in [2.24, 2.45) is 5.73 Å². The fourth-order valence-electron chi connectivity index (χ4n) is 2.21. The first-order chi connectivity index (χ1) is 11.5. The molecule has 5 nitrogen and oxygen atoms in total. The summed E-state index contributed by atoms with van der Waals surface area (Å²) >= 11 is 0. The van der Waals surface area contributed by atoms with E-state index in [2.05, 4.69) is 5.32 Å². The number of nitrogens with two attached hydrogens (primary N) is 1. The van der Waals surface area contributed by atoms with E-state index in [1.165, 1.54) is 0 Å². The van der Waals surface area contributed by atoms with E-state index in [1.807, 2.05) is 73.6 Å². The Morgan fingerprint density at radius 2 is 1.92 bits per heavy atom. The van der Waals surface area contributed by atoms with Gasteiger partial charge >= 0.3 is 0 Å². The standard InChI is InChI=1S/C19H25N3O2/c1-22(2)11-12-24-17-10-6-9-16(14-17)21-19(23)18(20)13-15-7-4-3-5-8-15/h3-10,14,18H,11-13,20H2,1-2H3,(H,21,23). The van der Waals surface area contributed by atoms with E-state index in [1.54, 1.807) is 0 Å². The highest BCUT2D eigenvalue weighted by Crippen LogP contribution is 2.17. The summed E-state index contributed by atoms with van der Waals surface area (Å²) in [4.78, 5) is 14.3. The Balaban J connectivity index is 1.88. The van der Waals surface area contributed by atoms with Gasteiger partial charge in [0, 0.05) is 18.3 Å². The predicted molar refractivity (Wildman–Crippen MR) is 97.2 cm³/mol. The van der Waals surface area contributed by atoms with Crippen LogP contribution in [0.4, 0.5) is 5.69 Å². The Morgan fingerprint density at radius 1 is 1.17 bits per heavy atom. The van der Waals surface area contributed by atoms with Crippen molar-refractivity contribution in [3.05, 3.63) is 60.2 Å². The van der Waals surface area contributed by atoms with E-state index in [-0.39, 0.29) is 5.91 Å². The lowest BCUT2D eigenvalue weighted by molar-refractivity contribution is -0.117. The zero-order valence-corrected chi connectivity index (χ0v) is 14.2. The molecule has 0 aliphatic heterocycles. The number of ether oxygens (including phenoxy) is 1. The molecule has 1 atom stereocenters. The quantitative estimate of drug-likeness (QED) is 0.779. The van der Waals surface area contributed by atoms with Crippen LogP contribution in [0.2, 0.25) is 0 Å². The number of rotatable bonds is 8. The van der Waals surface area contributed by atoms with Crippen LogP contribution in [-0.2, 0) is 11.2 Å². The molecule has 2 aromatic carbocycles. The van der Waals surface area contributed by atoms with Crippen LogP contribution < -0.4 is 15.8 Å². The second-order valence-corrected chi connectivity index (χ2v) is 5.97. The SMILES string of the molecule is CN(C)CCOc1cccc(NC(=O)C(N)Cc2ccccc2)c1. The molecule has 1 unspecified atom stereocenters. The summed E-state index contributed by atoms with van der Waals surface area (Å²) in [5.41, 5.74) is 7.73. The van der Waals surface area contributed by atoms with E-state index >= 15 is 0 Å². The molecule has 1 amide bonds. The monoisotopic (exact) mass is 327 g/mol. The van der Waals surface area contributed by atoms with Gasteiger partial charge in [0.15, 0.2) is 0 Å². The van der Waals surface area contributed by atoms with Gasteiger partial charge in [0.05, 0.1) is 6.04 Å². The molecular formula is C19H25N3O2. The van der Waals surface area contributed by atoms with Crippen LogP contribution in [0, 0.1) is 0 Å². The maximum atomic E-state index is 12.2. The molecule has 0 radical (unpaired) electrons.